The first-order valence-electron chi connectivity index (χ1n) is 5.72. The maximum Gasteiger partial charge on any atom is 0.263 e. The summed E-state index contributed by atoms with van der Waals surface area (Å²) >= 11 is 8.38. The number of thiazole rings is 1. The van der Waals surface area contributed by atoms with E-state index >= 15 is 0 Å². The molecule has 3 heterocycles. The van der Waals surface area contributed by atoms with Crippen LogP contribution < -0.4 is 5.56 Å². The number of aryl methyl sites for hydroxylation is 1. The van der Waals surface area contributed by atoms with Gasteiger partial charge in [-0.3, -0.25) is 9.36 Å². The van der Waals surface area contributed by atoms with E-state index in [-0.39, 0.29) is 11.6 Å². The van der Waals surface area contributed by atoms with Crippen LogP contribution in [0, 0.1) is 11.7 Å². The number of aromatic nitrogens is 3. The molecule has 0 amide bonds. The number of hydrogen-bond acceptors (Lipinski definition) is 5. The van der Waals surface area contributed by atoms with Crippen molar-refractivity contribution in [3.05, 3.63) is 42.7 Å². The molecule has 3 rings (SSSR count). The molecule has 1 unspecified atom stereocenters. The van der Waals surface area contributed by atoms with Crippen molar-refractivity contribution in [1.29, 1.82) is 0 Å². The van der Waals surface area contributed by atoms with E-state index in [1.54, 1.807) is 15.9 Å². The Kier molecular flexibility index (Phi) is 3.12. The van der Waals surface area contributed by atoms with Gasteiger partial charge in [0, 0.05) is 11.1 Å². The van der Waals surface area contributed by atoms with Crippen molar-refractivity contribution in [2.45, 2.75) is 19.9 Å². The SMILES string of the molecule is Cc1cnc(C(C)n2c(=S)[nH]c3sccc3c2=O)s1. The van der Waals surface area contributed by atoms with Gasteiger partial charge in [0.15, 0.2) is 4.77 Å². The Morgan fingerprint density at radius 3 is 3.00 bits per heavy atom. The number of nitrogens with zero attached hydrogens (tertiary/aromatic N) is 2. The van der Waals surface area contributed by atoms with Gasteiger partial charge in [0.1, 0.15) is 9.84 Å². The molecule has 0 radical (unpaired) electrons. The summed E-state index contributed by atoms with van der Waals surface area (Å²) in [6, 6.07) is 1.67. The summed E-state index contributed by atoms with van der Waals surface area (Å²) in [5.74, 6) is 0. The first-order chi connectivity index (χ1) is 9.08. The van der Waals surface area contributed by atoms with Gasteiger partial charge in [-0.2, -0.15) is 0 Å². The molecule has 0 fully saturated rings. The lowest BCUT2D eigenvalue weighted by atomic mass is 10.3. The van der Waals surface area contributed by atoms with Gasteiger partial charge in [0.25, 0.3) is 5.56 Å². The van der Waals surface area contributed by atoms with E-state index in [2.05, 4.69) is 9.97 Å². The molecule has 4 nitrogen and oxygen atoms in total. The van der Waals surface area contributed by atoms with E-state index in [9.17, 15) is 4.79 Å². The zero-order chi connectivity index (χ0) is 13.6. The summed E-state index contributed by atoms with van der Waals surface area (Å²) < 4.78 is 2.04. The largest absolute Gasteiger partial charge is 0.323 e. The standard InChI is InChI=1S/C12H11N3OS3/c1-6-5-13-9(19-6)7(2)15-11(16)8-3-4-18-10(8)14-12(15)17/h3-5,7H,1-2H3,(H,14,17). The molecule has 7 heteroatoms. The second-order valence-electron chi connectivity index (χ2n) is 4.25. The summed E-state index contributed by atoms with van der Waals surface area (Å²) in [5, 5.41) is 3.47. The Balaban J connectivity index is 2.25. The molecule has 0 aliphatic heterocycles. The number of H-pyrrole nitrogens is 1. The number of nitrogens with one attached hydrogen (secondary N) is 1. The summed E-state index contributed by atoms with van der Waals surface area (Å²) in [6.45, 7) is 3.95. The van der Waals surface area contributed by atoms with Crippen molar-refractivity contribution in [3.63, 3.8) is 0 Å². The summed E-state index contributed by atoms with van der Waals surface area (Å²) in [6.07, 6.45) is 1.82. The van der Waals surface area contributed by atoms with Crippen LogP contribution in [0.2, 0.25) is 0 Å². The van der Waals surface area contributed by atoms with Crippen LogP contribution in [0.3, 0.4) is 0 Å². The maximum atomic E-state index is 12.5. The highest BCUT2D eigenvalue weighted by molar-refractivity contribution is 7.71. The highest BCUT2D eigenvalue weighted by Gasteiger charge is 2.16. The third kappa shape index (κ3) is 2.07. The Hall–Kier alpha value is -1.31. The van der Waals surface area contributed by atoms with Crippen LogP contribution in [0.25, 0.3) is 10.2 Å². The number of fused-ring (bicyclic) bond motifs is 1. The van der Waals surface area contributed by atoms with Gasteiger partial charge in [-0.15, -0.1) is 22.7 Å². The van der Waals surface area contributed by atoms with E-state index < -0.39 is 0 Å². The molecule has 0 aromatic carbocycles. The molecule has 0 bridgehead atoms. The predicted molar refractivity (Wildman–Crippen MR) is 81.9 cm³/mol. The lowest BCUT2D eigenvalue weighted by molar-refractivity contribution is 0.597. The van der Waals surface area contributed by atoms with E-state index in [0.29, 0.717) is 10.2 Å². The molecule has 3 aromatic rings. The second kappa shape index (κ2) is 4.66. The molecule has 19 heavy (non-hydrogen) atoms. The fourth-order valence-corrected chi connectivity index (χ4v) is 3.98. The second-order valence-corrected chi connectivity index (χ2v) is 6.82. The fourth-order valence-electron chi connectivity index (χ4n) is 1.98. The van der Waals surface area contributed by atoms with Crippen LogP contribution in [0.4, 0.5) is 0 Å². The average molecular weight is 309 g/mol. The van der Waals surface area contributed by atoms with Gasteiger partial charge in [-0.05, 0) is 37.5 Å². The van der Waals surface area contributed by atoms with Gasteiger partial charge in [-0.25, -0.2) is 4.98 Å². The zero-order valence-electron chi connectivity index (χ0n) is 10.3. The van der Waals surface area contributed by atoms with Gasteiger partial charge >= 0.3 is 0 Å². The molecule has 0 aliphatic carbocycles. The molecule has 0 saturated heterocycles. The van der Waals surface area contributed by atoms with Crippen LogP contribution in [-0.4, -0.2) is 14.5 Å². The van der Waals surface area contributed by atoms with Gasteiger partial charge in [0.05, 0.1) is 11.4 Å². The van der Waals surface area contributed by atoms with E-state index in [1.165, 1.54) is 11.3 Å². The summed E-state index contributed by atoms with van der Waals surface area (Å²) in [7, 11) is 0. The van der Waals surface area contributed by atoms with Gasteiger partial charge in [-0.1, -0.05) is 0 Å². The van der Waals surface area contributed by atoms with Crippen molar-refractivity contribution in [2.24, 2.45) is 0 Å². The van der Waals surface area contributed by atoms with Crippen molar-refractivity contribution in [3.8, 4) is 0 Å². The molecule has 0 aliphatic rings. The first kappa shape index (κ1) is 12.7. The zero-order valence-corrected chi connectivity index (χ0v) is 12.8. The third-order valence-corrected chi connectivity index (χ3v) is 5.15. The molecular weight excluding hydrogens is 298 g/mol. The highest BCUT2D eigenvalue weighted by Crippen LogP contribution is 2.23. The molecule has 1 N–H and O–H groups in total. The first-order valence-corrected chi connectivity index (χ1v) is 7.82. The molecule has 1 atom stereocenters. The van der Waals surface area contributed by atoms with Crippen molar-refractivity contribution in [1.82, 2.24) is 14.5 Å². The number of hydrogen-bond donors (Lipinski definition) is 1. The Bertz CT molecular complexity index is 855. The average Bonchev–Trinajstić information content (AvgIpc) is 2.97. The van der Waals surface area contributed by atoms with Crippen LogP contribution in [-0.2, 0) is 0 Å². The van der Waals surface area contributed by atoms with Crippen LogP contribution in [0.1, 0.15) is 22.9 Å². The number of rotatable bonds is 2. The topological polar surface area (TPSA) is 50.7 Å². The van der Waals surface area contributed by atoms with Crippen molar-refractivity contribution < 1.29 is 0 Å². The van der Waals surface area contributed by atoms with Crippen molar-refractivity contribution in [2.75, 3.05) is 0 Å². The molecule has 98 valence electrons. The third-order valence-electron chi connectivity index (χ3n) is 2.94. The Labute approximate surface area is 122 Å². The van der Waals surface area contributed by atoms with E-state index in [1.807, 2.05) is 31.5 Å². The van der Waals surface area contributed by atoms with Crippen LogP contribution >= 0.6 is 34.9 Å². The quantitative estimate of drug-likeness (QED) is 0.737. The molecule has 0 saturated carbocycles. The minimum atomic E-state index is -0.153. The minimum absolute atomic E-state index is 0.0552. The predicted octanol–water partition coefficient (Wildman–Crippen LogP) is 3.49. The smallest absolute Gasteiger partial charge is 0.263 e. The van der Waals surface area contributed by atoms with Crippen LogP contribution in [0.15, 0.2) is 22.4 Å². The highest BCUT2D eigenvalue weighted by atomic mass is 32.1. The summed E-state index contributed by atoms with van der Waals surface area (Å²) in [5.41, 5.74) is -0.0552. The number of aromatic amines is 1. The normalized spacial score (nSPS) is 12.9. The lowest BCUT2D eigenvalue weighted by Crippen LogP contribution is -2.25. The maximum absolute atomic E-state index is 12.5. The lowest BCUT2D eigenvalue weighted by Gasteiger charge is -2.12. The summed E-state index contributed by atoms with van der Waals surface area (Å²) in [4.78, 5) is 21.9. The number of thiophene rings is 1. The molecule has 3 aromatic heterocycles. The minimum Gasteiger partial charge on any atom is -0.323 e. The van der Waals surface area contributed by atoms with Crippen LogP contribution in [0.5, 0.6) is 0 Å². The van der Waals surface area contributed by atoms with Gasteiger partial charge in [0.2, 0.25) is 0 Å². The Morgan fingerprint density at radius 2 is 2.32 bits per heavy atom. The monoisotopic (exact) mass is 309 g/mol. The molecular formula is C12H11N3OS3. The Morgan fingerprint density at radius 1 is 1.53 bits per heavy atom. The van der Waals surface area contributed by atoms with Gasteiger partial charge < -0.3 is 4.98 Å². The molecule has 0 spiro atoms. The van der Waals surface area contributed by atoms with E-state index in [0.717, 1.165) is 14.7 Å². The van der Waals surface area contributed by atoms with E-state index in [4.69, 9.17) is 12.2 Å². The van der Waals surface area contributed by atoms with Crippen molar-refractivity contribution >= 4 is 45.1 Å². The fraction of sp³-hybridized carbons (Fsp3) is 0.250.